The van der Waals surface area contributed by atoms with Crippen molar-refractivity contribution in [1.82, 2.24) is 14.2 Å². The molecular weight excluding hydrogens is 569 g/mol. The number of methoxy groups -OCH3 is 1. The highest BCUT2D eigenvalue weighted by Gasteiger charge is 2.39. The lowest BCUT2D eigenvalue weighted by Crippen LogP contribution is -2.59. The number of carbonyl (C=O) groups is 1. The van der Waals surface area contributed by atoms with E-state index in [0.29, 0.717) is 30.9 Å². The molecule has 0 bridgehead atoms. The molecule has 11 heteroatoms. The number of pyridine rings is 1. The summed E-state index contributed by atoms with van der Waals surface area (Å²) in [5, 5.41) is 3.47. The molecule has 0 aliphatic carbocycles. The Morgan fingerprint density at radius 2 is 1.73 bits per heavy atom. The maximum absolute atomic E-state index is 14.4. The second-order valence-electron chi connectivity index (χ2n) is 10.4. The number of rotatable bonds is 6. The number of para-hydroxylation sites is 1. The molecule has 2 heterocycles. The number of carbonyl (C=O) groups excluding carboxylic acids is 1. The molecule has 5 rings (SSSR count). The van der Waals surface area contributed by atoms with Crippen LogP contribution in [-0.4, -0.2) is 55.5 Å². The standard InChI is InChI=1S/C30H30FN3O5S.ClH/c1-30(2)19-32-15-16-33(30)40(37,38)23-12-9-20(10-13-23)17-25-27(29(36)39-3)34(22-7-5-4-6-8-22)26-18-21(31)11-14-24(26)28(25)35;/h4-14,18,32H,15-17,19H2,1-3H3;1H. The number of halogens is 2. The van der Waals surface area contributed by atoms with Gasteiger partial charge in [-0.3, -0.25) is 4.79 Å². The number of sulfonamides is 1. The monoisotopic (exact) mass is 599 g/mol. The zero-order valence-electron chi connectivity index (χ0n) is 22.9. The molecule has 216 valence electrons. The van der Waals surface area contributed by atoms with Crippen LogP contribution in [0.5, 0.6) is 0 Å². The third-order valence-electron chi connectivity index (χ3n) is 7.24. The van der Waals surface area contributed by atoms with Crippen LogP contribution in [0.4, 0.5) is 4.39 Å². The molecule has 4 aromatic rings. The first-order valence-electron chi connectivity index (χ1n) is 12.9. The van der Waals surface area contributed by atoms with Gasteiger partial charge in [0.05, 0.1) is 17.5 Å². The number of aromatic nitrogens is 1. The molecule has 41 heavy (non-hydrogen) atoms. The van der Waals surface area contributed by atoms with E-state index in [4.69, 9.17) is 4.74 Å². The van der Waals surface area contributed by atoms with Gasteiger partial charge < -0.3 is 14.6 Å². The van der Waals surface area contributed by atoms with Gasteiger partial charge in [-0.25, -0.2) is 17.6 Å². The largest absolute Gasteiger partial charge is 0.464 e. The maximum atomic E-state index is 14.4. The molecular formula is C30H31ClFN3O5S. The lowest BCUT2D eigenvalue weighted by molar-refractivity contribution is 0.0590. The smallest absolute Gasteiger partial charge is 0.355 e. The molecule has 1 aliphatic heterocycles. The second-order valence-corrected chi connectivity index (χ2v) is 12.2. The van der Waals surface area contributed by atoms with Crippen molar-refractivity contribution in [2.24, 2.45) is 0 Å². The van der Waals surface area contributed by atoms with E-state index in [1.165, 1.54) is 46.3 Å². The van der Waals surface area contributed by atoms with Gasteiger partial charge in [-0.05, 0) is 61.9 Å². The Balaban J connectivity index is 0.00000387. The van der Waals surface area contributed by atoms with E-state index in [0.717, 1.165) is 0 Å². The second kappa shape index (κ2) is 11.7. The maximum Gasteiger partial charge on any atom is 0.355 e. The Bertz CT molecular complexity index is 1760. The van der Waals surface area contributed by atoms with Gasteiger partial charge in [0.15, 0.2) is 5.43 Å². The molecule has 1 saturated heterocycles. The summed E-state index contributed by atoms with van der Waals surface area (Å²) in [6.07, 6.45) is 0.0306. The minimum absolute atomic E-state index is 0. The third-order valence-corrected chi connectivity index (χ3v) is 9.36. The molecule has 1 aromatic heterocycles. The molecule has 0 saturated carbocycles. The minimum atomic E-state index is -3.75. The summed E-state index contributed by atoms with van der Waals surface area (Å²) < 4.78 is 49.3. The van der Waals surface area contributed by atoms with Crippen LogP contribution < -0.4 is 10.7 Å². The van der Waals surface area contributed by atoms with Crippen molar-refractivity contribution < 1.29 is 22.3 Å². The number of nitrogens with one attached hydrogen (secondary N) is 1. The number of esters is 1. The van der Waals surface area contributed by atoms with E-state index in [-0.39, 0.29) is 45.9 Å². The van der Waals surface area contributed by atoms with E-state index < -0.39 is 32.8 Å². The van der Waals surface area contributed by atoms with Crippen molar-refractivity contribution in [3.8, 4) is 5.69 Å². The van der Waals surface area contributed by atoms with Gasteiger partial charge in [0.2, 0.25) is 10.0 Å². The van der Waals surface area contributed by atoms with E-state index in [9.17, 15) is 22.4 Å². The predicted octanol–water partition coefficient (Wildman–Crippen LogP) is 4.30. The van der Waals surface area contributed by atoms with Crippen LogP contribution in [0.2, 0.25) is 0 Å². The minimum Gasteiger partial charge on any atom is -0.464 e. The van der Waals surface area contributed by atoms with Crippen molar-refractivity contribution in [3.05, 3.63) is 106 Å². The lowest BCUT2D eigenvalue weighted by Gasteiger charge is -2.41. The SMILES string of the molecule is COC(=O)c1c(Cc2ccc(S(=O)(=O)N3CCNCC3(C)C)cc2)c(=O)c2ccc(F)cc2n1-c1ccccc1.Cl. The first kappa shape index (κ1) is 30.4. The van der Waals surface area contributed by atoms with Gasteiger partial charge in [-0.1, -0.05) is 30.3 Å². The Hall–Kier alpha value is -3.57. The molecule has 0 spiro atoms. The van der Waals surface area contributed by atoms with Gasteiger partial charge in [0.25, 0.3) is 0 Å². The first-order chi connectivity index (χ1) is 19.0. The van der Waals surface area contributed by atoms with Crippen molar-refractivity contribution >= 4 is 39.3 Å². The summed E-state index contributed by atoms with van der Waals surface area (Å²) in [5.74, 6) is -1.30. The van der Waals surface area contributed by atoms with Crippen molar-refractivity contribution in [1.29, 1.82) is 0 Å². The van der Waals surface area contributed by atoms with Gasteiger partial charge in [0.1, 0.15) is 11.5 Å². The van der Waals surface area contributed by atoms with Gasteiger partial charge in [0, 0.05) is 48.2 Å². The van der Waals surface area contributed by atoms with Crippen LogP contribution >= 0.6 is 12.4 Å². The molecule has 0 radical (unpaired) electrons. The zero-order valence-corrected chi connectivity index (χ0v) is 24.5. The van der Waals surface area contributed by atoms with Crippen LogP contribution in [0, 0.1) is 5.82 Å². The molecule has 1 aliphatic rings. The lowest BCUT2D eigenvalue weighted by atomic mass is 9.99. The van der Waals surface area contributed by atoms with E-state index in [1.807, 2.05) is 19.9 Å². The summed E-state index contributed by atoms with van der Waals surface area (Å²) in [6.45, 7) is 5.22. The summed E-state index contributed by atoms with van der Waals surface area (Å²) in [7, 11) is -2.53. The van der Waals surface area contributed by atoms with Gasteiger partial charge >= 0.3 is 5.97 Å². The fraction of sp³-hybridized carbons (Fsp3) is 0.267. The Morgan fingerprint density at radius 1 is 1.05 bits per heavy atom. The highest BCUT2D eigenvalue weighted by atomic mass is 35.5. The zero-order chi connectivity index (χ0) is 28.7. The number of fused-ring (bicyclic) bond motifs is 1. The van der Waals surface area contributed by atoms with E-state index in [1.54, 1.807) is 36.4 Å². The molecule has 0 atom stereocenters. The fourth-order valence-electron chi connectivity index (χ4n) is 5.25. The molecule has 1 N–H and O–H groups in total. The highest BCUT2D eigenvalue weighted by Crippen LogP contribution is 2.28. The van der Waals surface area contributed by atoms with Crippen LogP contribution in [0.1, 0.15) is 35.5 Å². The number of nitrogens with zero attached hydrogens (tertiary/aromatic N) is 2. The molecule has 3 aromatic carbocycles. The van der Waals surface area contributed by atoms with Crippen LogP contribution in [0.25, 0.3) is 16.6 Å². The number of hydrogen-bond donors (Lipinski definition) is 1. The number of hydrogen-bond acceptors (Lipinski definition) is 6. The molecule has 1 fully saturated rings. The van der Waals surface area contributed by atoms with E-state index in [2.05, 4.69) is 5.32 Å². The van der Waals surface area contributed by atoms with Crippen LogP contribution in [-0.2, 0) is 21.2 Å². The number of benzene rings is 3. The summed E-state index contributed by atoms with van der Waals surface area (Å²) in [6, 6.07) is 19.0. The fourth-order valence-corrected chi connectivity index (χ4v) is 7.03. The first-order valence-corrected chi connectivity index (χ1v) is 14.3. The average molecular weight is 600 g/mol. The normalized spacial score (nSPS) is 15.3. The van der Waals surface area contributed by atoms with Crippen molar-refractivity contribution in [3.63, 3.8) is 0 Å². The van der Waals surface area contributed by atoms with Crippen molar-refractivity contribution in [2.45, 2.75) is 30.7 Å². The van der Waals surface area contributed by atoms with Crippen LogP contribution in [0.15, 0.2) is 82.5 Å². The topological polar surface area (TPSA) is 97.7 Å². The Kier molecular flexibility index (Phi) is 8.70. The summed E-state index contributed by atoms with van der Waals surface area (Å²) in [5.41, 5.74) is 0.548. The molecule has 0 amide bonds. The van der Waals surface area contributed by atoms with Crippen molar-refractivity contribution in [2.75, 3.05) is 26.7 Å². The van der Waals surface area contributed by atoms with Gasteiger partial charge in [-0.15, -0.1) is 12.4 Å². The third kappa shape index (κ3) is 5.65. The Labute approximate surface area is 244 Å². The predicted molar refractivity (Wildman–Crippen MR) is 158 cm³/mol. The number of ether oxygens (including phenoxy) is 1. The quantitative estimate of drug-likeness (QED) is 0.332. The molecule has 0 unspecified atom stereocenters. The van der Waals surface area contributed by atoms with E-state index >= 15 is 0 Å². The van der Waals surface area contributed by atoms with Crippen LogP contribution in [0.3, 0.4) is 0 Å². The number of piperazine rings is 1. The van der Waals surface area contributed by atoms with Gasteiger partial charge in [-0.2, -0.15) is 4.31 Å². The Morgan fingerprint density at radius 3 is 2.37 bits per heavy atom. The molecule has 8 nitrogen and oxygen atoms in total. The average Bonchev–Trinajstić information content (AvgIpc) is 2.94. The highest BCUT2D eigenvalue weighted by molar-refractivity contribution is 7.89. The summed E-state index contributed by atoms with van der Waals surface area (Å²) in [4.78, 5) is 27.0. The summed E-state index contributed by atoms with van der Waals surface area (Å²) >= 11 is 0.